The van der Waals surface area contributed by atoms with Gasteiger partial charge < -0.3 is 4.90 Å². The van der Waals surface area contributed by atoms with Gasteiger partial charge in [0.2, 0.25) is 10.0 Å². The van der Waals surface area contributed by atoms with E-state index >= 15 is 0 Å². The highest BCUT2D eigenvalue weighted by molar-refractivity contribution is 7.92. The van der Waals surface area contributed by atoms with Gasteiger partial charge >= 0.3 is 0 Å². The summed E-state index contributed by atoms with van der Waals surface area (Å²) in [6, 6.07) is 13.0. The van der Waals surface area contributed by atoms with Gasteiger partial charge in [0.15, 0.2) is 0 Å². The quantitative estimate of drug-likeness (QED) is 0.634. The second-order valence-electron chi connectivity index (χ2n) is 8.14. The second kappa shape index (κ2) is 9.21. The molecule has 0 aromatic heterocycles. The number of nitrogens with zero attached hydrogens (tertiary/aromatic N) is 3. The highest BCUT2D eigenvalue weighted by Crippen LogP contribution is 2.24. The molecule has 0 atom stereocenters. The van der Waals surface area contributed by atoms with Gasteiger partial charge in [-0.3, -0.25) is 9.10 Å². The molecule has 1 heterocycles. The summed E-state index contributed by atoms with van der Waals surface area (Å²) in [5, 5.41) is 0. The van der Waals surface area contributed by atoms with E-state index in [-0.39, 0.29) is 16.8 Å². The molecular formula is C22H29N3O5S2. The van der Waals surface area contributed by atoms with Crippen LogP contribution in [0.5, 0.6) is 0 Å². The highest BCUT2D eigenvalue weighted by atomic mass is 32.2. The molecule has 0 saturated carbocycles. The zero-order chi connectivity index (χ0) is 23.7. The summed E-state index contributed by atoms with van der Waals surface area (Å²) in [4.78, 5) is 14.7. The predicted octanol–water partition coefficient (Wildman–Crippen LogP) is 2.32. The van der Waals surface area contributed by atoms with Crippen molar-refractivity contribution in [2.24, 2.45) is 0 Å². The Morgan fingerprint density at radius 3 is 2.12 bits per heavy atom. The fourth-order valence-electron chi connectivity index (χ4n) is 3.73. The number of piperidine rings is 1. The summed E-state index contributed by atoms with van der Waals surface area (Å²) in [5.74, 6) is -0.263. The van der Waals surface area contributed by atoms with Crippen LogP contribution in [0.25, 0.3) is 0 Å². The molecule has 1 aliphatic rings. The number of hydrogen-bond acceptors (Lipinski definition) is 5. The van der Waals surface area contributed by atoms with Gasteiger partial charge in [-0.15, -0.1) is 0 Å². The number of anilines is 1. The predicted molar refractivity (Wildman–Crippen MR) is 125 cm³/mol. The van der Waals surface area contributed by atoms with Gasteiger partial charge in [0, 0.05) is 38.8 Å². The normalized spacial score (nSPS) is 15.7. The fraction of sp³-hybridized carbons (Fsp3) is 0.409. The minimum atomic E-state index is -3.84. The Bertz CT molecular complexity index is 1190. The SMILES string of the molecule is Cc1ccc(N(C)S(=O)(=O)c2cccc(C(=O)N3CCC(N(C)S(C)(=O)=O)CC3)c2)cc1. The van der Waals surface area contributed by atoms with Gasteiger partial charge in [0.05, 0.1) is 16.8 Å². The van der Waals surface area contributed by atoms with Crippen molar-refractivity contribution in [1.82, 2.24) is 9.21 Å². The number of carbonyl (C=O) groups is 1. The van der Waals surface area contributed by atoms with Crippen molar-refractivity contribution >= 4 is 31.6 Å². The van der Waals surface area contributed by atoms with E-state index in [0.29, 0.717) is 37.2 Å². The molecule has 0 radical (unpaired) electrons. The third-order valence-electron chi connectivity index (χ3n) is 5.93. The van der Waals surface area contributed by atoms with Crippen molar-refractivity contribution in [1.29, 1.82) is 0 Å². The summed E-state index contributed by atoms with van der Waals surface area (Å²) >= 11 is 0. The lowest BCUT2D eigenvalue weighted by molar-refractivity contribution is 0.0686. The molecule has 2 aromatic rings. The molecule has 32 heavy (non-hydrogen) atoms. The topological polar surface area (TPSA) is 95.1 Å². The maximum absolute atomic E-state index is 13.1. The van der Waals surface area contributed by atoms with E-state index < -0.39 is 20.0 Å². The summed E-state index contributed by atoms with van der Waals surface area (Å²) in [6.45, 7) is 2.74. The van der Waals surface area contributed by atoms with Gasteiger partial charge in [-0.05, 0) is 50.1 Å². The first-order valence-electron chi connectivity index (χ1n) is 10.3. The van der Waals surface area contributed by atoms with E-state index in [2.05, 4.69) is 0 Å². The molecular weight excluding hydrogens is 450 g/mol. The molecule has 1 amide bonds. The van der Waals surface area contributed by atoms with Crippen LogP contribution in [0.1, 0.15) is 28.8 Å². The van der Waals surface area contributed by atoms with Crippen molar-refractivity contribution < 1.29 is 21.6 Å². The molecule has 1 aliphatic heterocycles. The first kappa shape index (κ1) is 24.2. The molecule has 0 spiro atoms. The Morgan fingerprint density at radius 1 is 0.969 bits per heavy atom. The number of rotatable bonds is 6. The average Bonchev–Trinajstić information content (AvgIpc) is 2.77. The lowest BCUT2D eigenvalue weighted by atomic mass is 10.0. The third-order valence-corrected chi connectivity index (χ3v) is 9.05. The molecule has 0 bridgehead atoms. The molecule has 1 saturated heterocycles. The molecule has 0 aliphatic carbocycles. The van der Waals surface area contributed by atoms with Crippen LogP contribution in [-0.2, 0) is 20.0 Å². The highest BCUT2D eigenvalue weighted by Gasteiger charge is 2.30. The molecule has 8 nitrogen and oxygen atoms in total. The average molecular weight is 480 g/mol. The zero-order valence-electron chi connectivity index (χ0n) is 18.7. The number of hydrogen-bond donors (Lipinski definition) is 0. The van der Waals surface area contributed by atoms with Crippen LogP contribution < -0.4 is 4.31 Å². The molecule has 3 rings (SSSR count). The number of carbonyl (C=O) groups excluding carboxylic acids is 1. The van der Waals surface area contributed by atoms with E-state index in [0.717, 1.165) is 5.56 Å². The van der Waals surface area contributed by atoms with Crippen molar-refractivity contribution in [3.05, 3.63) is 59.7 Å². The zero-order valence-corrected chi connectivity index (χ0v) is 20.4. The monoisotopic (exact) mass is 479 g/mol. The molecule has 2 aromatic carbocycles. The Labute approximate surface area is 190 Å². The Balaban J connectivity index is 1.76. The Morgan fingerprint density at radius 2 is 1.56 bits per heavy atom. The van der Waals surface area contributed by atoms with Crippen LogP contribution >= 0.6 is 0 Å². The number of sulfonamides is 2. The Kier molecular flexibility index (Phi) is 6.97. The standard InChI is InChI=1S/C22H29N3O5S2/c1-17-8-10-19(11-9-17)24(3)32(29,30)21-7-5-6-18(16-21)22(26)25-14-12-20(13-15-25)23(2)31(4,27)28/h5-11,16,20H,12-15H2,1-4H3. The fourth-order valence-corrected chi connectivity index (χ4v) is 5.72. The van der Waals surface area contributed by atoms with Crippen molar-refractivity contribution in [2.45, 2.75) is 30.7 Å². The first-order chi connectivity index (χ1) is 14.9. The van der Waals surface area contributed by atoms with E-state index in [1.807, 2.05) is 19.1 Å². The van der Waals surface area contributed by atoms with Crippen molar-refractivity contribution in [3.63, 3.8) is 0 Å². The Hall–Kier alpha value is -2.43. The number of amides is 1. The molecule has 1 fully saturated rings. The number of likely N-dealkylation sites (tertiary alicyclic amines) is 1. The maximum Gasteiger partial charge on any atom is 0.264 e. The van der Waals surface area contributed by atoms with Gasteiger partial charge in [0.25, 0.3) is 15.9 Å². The maximum atomic E-state index is 13.1. The molecule has 10 heteroatoms. The summed E-state index contributed by atoms with van der Waals surface area (Å²) in [7, 11) is -4.09. The van der Waals surface area contributed by atoms with Crippen molar-refractivity contribution in [3.8, 4) is 0 Å². The van der Waals surface area contributed by atoms with Crippen molar-refractivity contribution in [2.75, 3.05) is 37.7 Å². The van der Waals surface area contributed by atoms with E-state index in [1.165, 1.54) is 34.0 Å². The largest absolute Gasteiger partial charge is 0.339 e. The number of aryl methyl sites for hydroxylation is 1. The third kappa shape index (κ3) is 5.13. The van der Waals surface area contributed by atoms with E-state index in [4.69, 9.17) is 0 Å². The van der Waals surface area contributed by atoms with Gasteiger partial charge in [-0.2, -0.15) is 0 Å². The minimum absolute atomic E-state index is 0.0399. The second-order valence-corrected chi connectivity index (χ2v) is 12.1. The van der Waals surface area contributed by atoms with Crippen LogP contribution in [0.3, 0.4) is 0 Å². The smallest absolute Gasteiger partial charge is 0.264 e. The van der Waals surface area contributed by atoms with Crippen LogP contribution in [0.2, 0.25) is 0 Å². The van der Waals surface area contributed by atoms with Gasteiger partial charge in [-0.25, -0.2) is 21.1 Å². The molecule has 174 valence electrons. The summed E-state index contributed by atoms with van der Waals surface area (Å²) < 4.78 is 52.3. The van der Waals surface area contributed by atoms with Crippen LogP contribution in [0.4, 0.5) is 5.69 Å². The summed E-state index contributed by atoms with van der Waals surface area (Å²) in [6.07, 6.45) is 2.23. The molecule has 0 unspecified atom stereocenters. The van der Waals surface area contributed by atoms with Crippen LogP contribution in [0, 0.1) is 6.92 Å². The van der Waals surface area contributed by atoms with Gasteiger partial charge in [-0.1, -0.05) is 23.8 Å². The minimum Gasteiger partial charge on any atom is -0.339 e. The number of benzene rings is 2. The van der Waals surface area contributed by atoms with Gasteiger partial charge in [0.1, 0.15) is 0 Å². The lowest BCUT2D eigenvalue weighted by Crippen LogP contribution is -2.47. The van der Waals surface area contributed by atoms with E-state index in [1.54, 1.807) is 36.2 Å². The van der Waals surface area contributed by atoms with Crippen LogP contribution in [0.15, 0.2) is 53.4 Å². The van der Waals surface area contributed by atoms with E-state index in [9.17, 15) is 21.6 Å². The first-order valence-corrected chi connectivity index (χ1v) is 13.6. The summed E-state index contributed by atoms with van der Waals surface area (Å²) in [5.41, 5.74) is 1.85. The lowest BCUT2D eigenvalue weighted by Gasteiger charge is -2.35. The molecule has 0 N–H and O–H groups in total. The van der Waals surface area contributed by atoms with Crippen LogP contribution in [-0.4, -0.2) is 71.4 Å².